The lowest BCUT2D eigenvalue weighted by molar-refractivity contribution is -0.137. The van der Waals surface area contributed by atoms with Crippen LogP contribution in [0.4, 0.5) is 0 Å². The Kier molecular flexibility index (Phi) is 6.74. The highest BCUT2D eigenvalue weighted by Crippen LogP contribution is 2.24. The number of carbonyl (C=O) groups excluding carboxylic acids is 1. The van der Waals surface area contributed by atoms with E-state index in [1.54, 1.807) is 0 Å². The van der Waals surface area contributed by atoms with Gasteiger partial charge in [0.15, 0.2) is 0 Å². The Morgan fingerprint density at radius 1 is 1.05 bits per heavy atom. The first-order valence-corrected chi connectivity index (χ1v) is 8.25. The van der Waals surface area contributed by atoms with Gasteiger partial charge in [-0.3, -0.25) is 4.79 Å². The van der Waals surface area contributed by atoms with E-state index in [1.165, 1.54) is 19.3 Å². The molecule has 1 fully saturated rings. The normalized spacial score (nSPS) is 17.0. The fourth-order valence-corrected chi connectivity index (χ4v) is 3.15. The second-order valence-electron chi connectivity index (χ2n) is 6.01. The van der Waals surface area contributed by atoms with Crippen molar-refractivity contribution in [2.24, 2.45) is 5.92 Å². The zero-order valence-corrected chi connectivity index (χ0v) is 12.8. The number of aliphatic hydroxyl groups excluding tert-OH is 1. The van der Waals surface area contributed by atoms with Gasteiger partial charge in [0.25, 0.3) is 0 Å². The first-order valence-electron chi connectivity index (χ1n) is 8.25. The number of rotatable bonds is 5. The summed E-state index contributed by atoms with van der Waals surface area (Å²) in [7, 11) is 0. The molecule has 0 aromatic heterocycles. The Labute approximate surface area is 128 Å². The average molecular weight is 289 g/mol. The van der Waals surface area contributed by atoms with Gasteiger partial charge in [-0.1, -0.05) is 62.4 Å². The lowest BCUT2D eigenvalue weighted by Crippen LogP contribution is -2.38. The molecule has 1 aliphatic rings. The summed E-state index contributed by atoms with van der Waals surface area (Å²) in [5.74, 6) is 0.385. The van der Waals surface area contributed by atoms with Crippen molar-refractivity contribution < 1.29 is 9.90 Å². The van der Waals surface area contributed by atoms with Crippen molar-refractivity contribution in [3.63, 3.8) is 0 Å². The third-order valence-electron chi connectivity index (χ3n) is 4.35. The summed E-state index contributed by atoms with van der Waals surface area (Å²) in [4.78, 5) is 14.6. The fraction of sp³-hybridized carbons (Fsp3) is 0.611. The molecule has 0 atom stereocenters. The molecule has 0 aliphatic heterocycles. The molecule has 0 unspecified atom stereocenters. The summed E-state index contributed by atoms with van der Waals surface area (Å²) >= 11 is 0. The number of carbonyl (C=O) groups is 1. The summed E-state index contributed by atoms with van der Waals surface area (Å²) in [5, 5.41) is 9.27. The second kappa shape index (κ2) is 8.83. The number of nitrogens with zero attached hydrogens (tertiary/aromatic N) is 1. The van der Waals surface area contributed by atoms with Gasteiger partial charge < -0.3 is 10.0 Å². The molecule has 2 rings (SSSR count). The van der Waals surface area contributed by atoms with Crippen molar-refractivity contribution in [3.8, 4) is 0 Å². The Bertz CT molecular complexity index is 410. The Morgan fingerprint density at radius 3 is 2.29 bits per heavy atom. The zero-order chi connectivity index (χ0) is 14.9. The van der Waals surface area contributed by atoms with Crippen LogP contribution in [-0.4, -0.2) is 29.1 Å². The van der Waals surface area contributed by atoms with Crippen molar-refractivity contribution in [2.45, 2.75) is 51.5 Å². The maximum absolute atomic E-state index is 12.8. The molecule has 0 saturated heterocycles. The van der Waals surface area contributed by atoms with Crippen LogP contribution in [0.3, 0.4) is 0 Å². The van der Waals surface area contributed by atoms with Gasteiger partial charge in [-0.05, 0) is 18.4 Å². The fourth-order valence-electron chi connectivity index (χ4n) is 3.15. The van der Waals surface area contributed by atoms with Crippen molar-refractivity contribution in [3.05, 3.63) is 35.9 Å². The quantitative estimate of drug-likeness (QED) is 0.903. The van der Waals surface area contributed by atoms with Gasteiger partial charge in [0.1, 0.15) is 0 Å². The molecule has 1 aromatic rings. The van der Waals surface area contributed by atoms with Crippen LogP contribution >= 0.6 is 0 Å². The van der Waals surface area contributed by atoms with Gasteiger partial charge in [-0.25, -0.2) is 0 Å². The maximum atomic E-state index is 12.8. The van der Waals surface area contributed by atoms with E-state index in [9.17, 15) is 9.90 Å². The van der Waals surface area contributed by atoms with E-state index in [0.717, 1.165) is 31.2 Å². The van der Waals surface area contributed by atoms with Gasteiger partial charge >= 0.3 is 0 Å². The molecular formula is C18H27NO2. The molecule has 0 spiro atoms. The number of benzene rings is 1. The number of hydrogen-bond donors (Lipinski definition) is 1. The van der Waals surface area contributed by atoms with Crippen LogP contribution in [0.25, 0.3) is 0 Å². The molecule has 3 nitrogen and oxygen atoms in total. The minimum Gasteiger partial charge on any atom is -0.395 e. The summed E-state index contributed by atoms with van der Waals surface area (Å²) < 4.78 is 0. The van der Waals surface area contributed by atoms with Gasteiger partial charge in [0.2, 0.25) is 5.91 Å². The van der Waals surface area contributed by atoms with Gasteiger partial charge in [-0.15, -0.1) is 0 Å². The van der Waals surface area contributed by atoms with Crippen molar-refractivity contribution in [2.75, 3.05) is 13.2 Å². The van der Waals surface area contributed by atoms with Crippen LogP contribution in [0.2, 0.25) is 0 Å². The largest absolute Gasteiger partial charge is 0.395 e. The molecular weight excluding hydrogens is 262 g/mol. The predicted octanol–water partition coefficient (Wildman–Crippen LogP) is 3.37. The standard InChI is InChI=1S/C18H27NO2/c20-14-13-19(15-16-9-5-4-6-10-16)18(21)17-11-7-2-1-3-8-12-17/h4-6,9-10,17,20H,1-3,7-8,11-15H2. The van der Waals surface area contributed by atoms with Crippen molar-refractivity contribution >= 4 is 5.91 Å². The van der Waals surface area contributed by atoms with E-state index in [1.807, 2.05) is 35.2 Å². The van der Waals surface area contributed by atoms with Gasteiger partial charge in [-0.2, -0.15) is 0 Å². The molecule has 1 saturated carbocycles. The molecule has 3 heteroatoms. The molecule has 21 heavy (non-hydrogen) atoms. The van der Waals surface area contributed by atoms with Crippen LogP contribution in [-0.2, 0) is 11.3 Å². The lowest BCUT2D eigenvalue weighted by atomic mass is 9.90. The Hall–Kier alpha value is -1.35. The topological polar surface area (TPSA) is 40.5 Å². The van der Waals surface area contributed by atoms with Gasteiger partial charge in [0.05, 0.1) is 6.61 Å². The van der Waals surface area contributed by atoms with Crippen LogP contribution in [0.15, 0.2) is 30.3 Å². The monoisotopic (exact) mass is 289 g/mol. The Morgan fingerprint density at radius 2 is 1.67 bits per heavy atom. The van der Waals surface area contributed by atoms with E-state index in [2.05, 4.69) is 0 Å². The summed E-state index contributed by atoms with van der Waals surface area (Å²) in [6, 6.07) is 10.0. The molecule has 0 bridgehead atoms. The third kappa shape index (κ3) is 5.16. The summed E-state index contributed by atoms with van der Waals surface area (Å²) in [5.41, 5.74) is 1.13. The van der Waals surface area contributed by atoms with Gasteiger partial charge in [0, 0.05) is 19.0 Å². The highest BCUT2D eigenvalue weighted by molar-refractivity contribution is 5.78. The van der Waals surface area contributed by atoms with Crippen molar-refractivity contribution in [1.29, 1.82) is 0 Å². The lowest BCUT2D eigenvalue weighted by Gasteiger charge is -2.28. The molecule has 116 valence electrons. The predicted molar refractivity (Wildman–Crippen MR) is 84.8 cm³/mol. The molecule has 1 aromatic carbocycles. The third-order valence-corrected chi connectivity index (χ3v) is 4.35. The summed E-state index contributed by atoms with van der Waals surface area (Å²) in [6.07, 6.45) is 8.16. The average Bonchev–Trinajstić information content (AvgIpc) is 2.47. The minimum atomic E-state index is 0.0330. The molecule has 0 heterocycles. The molecule has 1 N–H and O–H groups in total. The SMILES string of the molecule is O=C(C1CCCCCCC1)N(CCO)Cc1ccccc1. The number of amides is 1. The maximum Gasteiger partial charge on any atom is 0.226 e. The van der Waals surface area contributed by atoms with E-state index < -0.39 is 0 Å². The van der Waals surface area contributed by atoms with Crippen LogP contribution < -0.4 is 0 Å². The van der Waals surface area contributed by atoms with E-state index in [4.69, 9.17) is 0 Å². The molecule has 0 radical (unpaired) electrons. The second-order valence-corrected chi connectivity index (χ2v) is 6.01. The molecule has 1 amide bonds. The van der Waals surface area contributed by atoms with E-state index in [0.29, 0.717) is 13.1 Å². The highest BCUT2D eigenvalue weighted by Gasteiger charge is 2.24. The first kappa shape index (κ1) is 16.0. The number of hydrogen-bond acceptors (Lipinski definition) is 2. The smallest absolute Gasteiger partial charge is 0.226 e. The minimum absolute atomic E-state index is 0.0330. The summed E-state index contributed by atoms with van der Waals surface area (Å²) in [6.45, 7) is 1.08. The van der Waals surface area contributed by atoms with Crippen LogP contribution in [0.1, 0.15) is 50.5 Å². The number of aliphatic hydroxyl groups is 1. The first-order chi connectivity index (χ1) is 10.3. The molecule has 1 aliphatic carbocycles. The van der Waals surface area contributed by atoms with Crippen LogP contribution in [0, 0.1) is 5.92 Å². The Balaban J connectivity index is 1.99. The zero-order valence-electron chi connectivity index (χ0n) is 12.8. The van der Waals surface area contributed by atoms with E-state index >= 15 is 0 Å². The highest BCUT2D eigenvalue weighted by atomic mass is 16.3. The van der Waals surface area contributed by atoms with Crippen LogP contribution in [0.5, 0.6) is 0 Å². The van der Waals surface area contributed by atoms with Crippen molar-refractivity contribution in [1.82, 2.24) is 4.90 Å². The van der Waals surface area contributed by atoms with E-state index in [-0.39, 0.29) is 18.4 Å².